The first-order chi connectivity index (χ1) is 5.54. The van der Waals surface area contributed by atoms with Crippen molar-refractivity contribution in [2.75, 3.05) is 6.54 Å². The number of hydrogen-bond acceptors (Lipinski definition) is 3. The lowest BCUT2D eigenvalue weighted by molar-refractivity contribution is -0.147. The topological polar surface area (TPSA) is 83.6 Å². The summed E-state index contributed by atoms with van der Waals surface area (Å²) in [6, 6.07) is -1.27. The first-order valence-corrected chi connectivity index (χ1v) is 3.83. The SMILES string of the molecule is C[C@@H](C(=O)O)N1CC[C@H](N)C1=O. The molecular formula is C7H12N2O3. The van der Waals surface area contributed by atoms with Gasteiger partial charge in [0.15, 0.2) is 0 Å². The highest BCUT2D eigenvalue weighted by Gasteiger charge is 2.34. The Morgan fingerprint density at radius 3 is 2.75 bits per heavy atom. The fourth-order valence-electron chi connectivity index (χ4n) is 1.24. The number of likely N-dealkylation sites (tertiary alicyclic amines) is 1. The van der Waals surface area contributed by atoms with Crippen LogP contribution in [0.15, 0.2) is 0 Å². The lowest BCUT2D eigenvalue weighted by atomic mass is 10.3. The largest absolute Gasteiger partial charge is 0.480 e. The van der Waals surface area contributed by atoms with Gasteiger partial charge in [0.2, 0.25) is 5.91 Å². The minimum absolute atomic E-state index is 0.259. The molecule has 0 aromatic heterocycles. The lowest BCUT2D eigenvalue weighted by Crippen LogP contribution is -2.43. The molecule has 1 aliphatic heterocycles. The number of nitrogens with two attached hydrogens (primary N) is 1. The first-order valence-electron chi connectivity index (χ1n) is 3.83. The molecule has 1 fully saturated rings. The van der Waals surface area contributed by atoms with Gasteiger partial charge < -0.3 is 15.7 Å². The molecule has 1 saturated heterocycles. The minimum Gasteiger partial charge on any atom is -0.480 e. The van der Waals surface area contributed by atoms with Crippen LogP contribution >= 0.6 is 0 Å². The van der Waals surface area contributed by atoms with Crippen molar-refractivity contribution in [2.24, 2.45) is 5.73 Å². The lowest BCUT2D eigenvalue weighted by Gasteiger charge is -2.20. The third-order valence-corrected chi connectivity index (χ3v) is 2.11. The van der Waals surface area contributed by atoms with Crippen LogP contribution in [0, 0.1) is 0 Å². The van der Waals surface area contributed by atoms with Gasteiger partial charge in [-0.1, -0.05) is 0 Å². The monoisotopic (exact) mass is 172 g/mol. The van der Waals surface area contributed by atoms with Crippen molar-refractivity contribution < 1.29 is 14.7 Å². The van der Waals surface area contributed by atoms with Crippen LogP contribution in [-0.2, 0) is 9.59 Å². The van der Waals surface area contributed by atoms with Crippen LogP contribution in [0.1, 0.15) is 13.3 Å². The van der Waals surface area contributed by atoms with Gasteiger partial charge in [0.05, 0.1) is 6.04 Å². The van der Waals surface area contributed by atoms with E-state index in [1.165, 1.54) is 11.8 Å². The van der Waals surface area contributed by atoms with Crippen LogP contribution < -0.4 is 5.73 Å². The van der Waals surface area contributed by atoms with Crippen molar-refractivity contribution in [2.45, 2.75) is 25.4 Å². The Bertz CT molecular complexity index is 217. The standard InChI is InChI=1S/C7H12N2O3/c1-4(7(11)12)9-3-2-5(8)6(9)10/h4-5H,2-3,8H2,1H3,(H,11,12)/t4-,5-/m0/s1. The van der Waals surface area contributed by atoms with Crippen molar-refractivity contribution in [1.82, 2.24) is 4.90 Å². The van der Waals surface area contributed by atoms with Gasteiger partial charge >= 0.3 is 5.97 Å². The molecule has 0 aromatic carbocycles. The van der Waals surface area contributed by atoms with Crippen LogP contribution in [-0.4, -0.2) is 40.5 Å². The highest BCUT2D eigenvalue weighted by atomic mass is 16.4. The molecule has 0 spiro atoms. The molecule has 2 atom stereocenters. The highest BCUT2D eigenvalue weighted by Crippen LogP contribution is 2.12. The molecule has 1 heterocycles. The zero-order valence-electron chi connectivity index (χ0n) is 6.86. The molecule has 0 unspecified atom stereocenters. The number of hydrogen-bond donors (Lipinski definition) is 2. The number of amides is 1. The van der Waals surface area contributed by atoms with E-state index in [-0.39, 0.29) is 5.91 Å². The van der Waals surface area contributed by atoms with Gasteiger partial charge in [-0.2, -0.15) is 0 Å². The maximum Gasteiger partial charge on any atom is 0.326 e. The Hall–Kier alpha value is -1.10. The molecule has 5 heteroatoms. The first kappa shape index (κ1) is 8.99. The molecule has 0 aliphatic carbocycles. The van der Waals surface area contributed by atoms with Gasteiger partial charge in [-0.25, -0.2) is 4.79 Å². The van der Waals surface area contributed by atoms with E-state index in [9.17, 15) is 9.59 Å². The quantitative estimate of drug-likeness (QED) is 0.560. The van der Waals surface area contributed by atoms with Crippen molar-refractivity contribution in [3.8, 4) is 0 Å². The van der Waals surface area contributed by atoms with E-state index in [0.29, 0.717) is 13.0 Å². The van der Waals surface area contributed by atoms with Crippen molar-refractivity contribution in [3.05, 3.63) is 0 Å². The van der Waals surface area contributed by atoms with Gasteiger partial charge in [-0.15, -0.1) is 0 Å². The molecule has 0 aromatic rings. The molecule has 68 valence electrons. The molecular weight excluding hydrogens is 160 g/mol. The van der Waals surface area contributed by atoms with E-state index in [4.69, 9.17) is 10.8 Å². The number of aliphatic carboxylic acids is 1. The summed E-state index contributed by atoms with van der Waals surface area (Å²) in [5.74, 6) is -1.25. The Morgan fingerprint density at radius 2 is 2.42 bits per heavy atom. The predicted molar refractivity (Wildman–Crippen MR) is 41.4 cm³/mol. The van der Waals surface area contributed by atoms with Crippen LogP contribution in [0.4, 0.5) is 0 Å². The van der Waals surface area contributed by atoms with Crippen molar-refractivity contribution in [1.29, 1.82) is 0 Å². The summed E-state index contributed by atoms with van der Waals surface area (Å²) < 4.78 is 0. The molecule has 1 amide bonds. The van der Waals surface area contributed by atoms with Crippen molar-refractivity contribution in [3.63, 3.8) is 0 Å². The molecule has 5 nitrogen and oxygen atoms in total. The number of nitrogens with zero attached hydrogens (tertiary/aromatic N) is 1. The number of carbonyl (C=O) groups excluding carboxylic acids is 1. The maximum atomic E-state index is 11.2. The van der Waals surface area contributed by atoms with E-state index >= 15 is 0 Å². The maximum absolute atomic E-state index is 11.2. The number of carboxylic acids is 1. The summed E-state index contributed by atoms with van der Waals surface area (Å²) in [5.41, 5.74) is 5.42. The van der Waals surface area contributed by atoms with E-state index in [2.05, 4.69) is 0 Å². The number of carbonyl (C=O) groups is 2. The molecule has 3 N–H and O–H groups in total. The van der Waals surface area contributed by atoms with Gasteiger partial charge in [-0.3, -0.25) is 4.79 Å². The average molecular weight is 172 g/mol. The molecule has 0 bridgehead atoms. The van der Waals surface area contributed by atoms with E-state index in [0.717, 1.165) is 0 Å². The van der Waals surface area contributed by atoms with Crippen LogP contribution in [0.25, 0.3) is 0 Å². The van der Waals surface area contributed by atoms with E-state index in [1.807, 2.05) is 0 Å². The van der Waals surface area contributed by atoms with E-state index < -0.39 is 18.1 Å². The summed E-state index contributed by atoms with van der Waals surface area (Å²) >= 11 is 0. The fraction of sp³-hybridized carbons (Fsp3) is 0.714. The molecule has 1 aliphatic rings. The Morgan fingerprint density at radius 1 is 1.83 bits per heavy atom. The predicted octanol–water partition coefficient (Wildman–Crippen LogP) is -0.981. The fourth-order valence-corrected chi connectivity index (χ4v) is 1.24. The third-order valence-electron chi connectivity index (χ3n) is 2.11. The molecule has 0 saturated carbocycles. The molecule has 0 radical (unpaired) electrons. The van der Waals surface area contributed by atoms with E-state index in [1.54, 1.807) is 0 Å². The Labute approximate surface area is 70.1 Å². The smallest absolute Gasteiger partial charge is 0.326 e. The summed E-state index contributed by atoms with van der Waals surface area (Å²) in [4.78, 5) is 23.0. The second-order valence-electron chi connectivity index (χ2n) is 2.94. The van der Waals surface area contributed by atoms with Gasteiger partial charge in [-0.05, 0) is 13.3 Å². The summed E-state index contributed by atoms with van der Waals surface area (Å²) in [7, 11) is 0. The second-order valence-corrected chi connectivity index (χ2v) is 2.94. The summed E-state index contributed by atoms with van der Waals surface area (Å²) in [6.07, 6.45) is 0.552. The van der Waals surface area contributed by atoms with Crippen LogP contribution in [0.5, 0.6) is 0 Å². The average Bonchev–Trinajstić information content (AvgIpc) is 2.32. The third kappa shape index (κ3) is 1.40. The minimum atomic E-state index is -0.988. The van der Waals surface area contributed by atoms with Gasteiger partial charge in [0, 0.05) is 6.54 Å². The number of rotatable bonds is 2. The molecule has 1 rings (SSSR count). The second kappa shape index (κ2) is 3.10. The van der Waals surface area contributed by atoms with Gasteiger partial charge in [0.1, 0.15) is 6.04 Å². The normalized spacial score (nSPS) is 26.0. The molecule has 12 heavy (non-hydrogen) atoms. The zero-order valence-corrected chi connectivity index (χ0v) is 6.86. The Kier molecular flexibility index (Phi) is 2.32. The number of carboxylic acid groups (broad SMARTS) is 1. The van der Waals surface area contributed by atoms with Crippen molar-refractivity contribution >= 4 is 11.9 Å². The van der Waals surface area contributed by atoms with Crippen LogP contribution in [0.3, 0.4) is 0 Å². The van der Waals surface area contributed by atoms with Crippen LogP contribution in [0.2, 0.25) is 0 Å². The highest BCUT2D eigenvalue weighted by molar-refractivity contribution is 5.88. The van der Waals surface area contributed by atoms with Gasteiger partial charge in [0.25, 0.3) is 0 Å². The zero-order chi connectivity index (χ0) is 9.30. The Balaban J connectivity index is 2.65. The summed E-state index contributed by atoms with van der Waals surface area (Å²) in [6.45, 7) is 1.94. The summed E-state index contributed by atoms with van der Waals surface area (Å²) in [5, 5.41) is 8.61.